The van der Waals surface area contributed by atoms with Gasteiger partial charge in [-0.1, -0.05) is 26.2 Å². The second-order valence-corrected chi connectivity index (χ2v) is 9.84. The fourth-order valence-corrected chi connectivity index (χ4v) is 0.795. The first-order valence-corrected chi connectivity index (χ1v) is 7.12. The van der Waals surface area contributed by atoms with Crippen molar-refractivity contribution in [1.82, 2.24) is 0 Å². The molecule has 0 spiro atoms. The van der Waals surface area contributed by atoms with Gasteiger partial charge in [-0.3, -0.25) is 0 Å². The zero-order valence-corrected chi connectivity index (χ0v) is 8.74. The number of rotatable bonds is 1. The summed E-state index contributed by atoms with van der Waals surface area (Å²) in [5, 5.41) is 0. The van der Waals surface area contributed by atoms with Crippen molar-refractivity contribution in [1.29, 1.82) is 0 Å². The van der Waals surface area contributed by atoms with Crippen molar-refractivity contribution in [2.75, 3.05) is 0 Å². The monoisotopic (exact) mass is 238 g/mol. The summed E-state index contributed by atoms with van der Waals surface area (Å²) in [6, 6.07) is 0. The highest BCUT2D eigenvalue weighted by atomic mass is 127. The third-order valence-electron chi connectivity index (χ3n) is 0.814. The van der Waals surface area contributed by atoms with Crippen LogP contribution in [0.25, 0.3) is 0 Å². The lowest BCUT2D eigenvalue weighted by Gasteiger charge is -2.11. The average Bonchev–Trinajstić information content (AvgIpc) is 1.62. The van der Waals surface area contributed by atoms with Crippen LogP contribution in [-0.2, 0) is 0 Å². The first kappa shape index (κ1) is 8.47. The van der Waals surface area contributed by atoms with Crippen LogP contribution < -0.4 is 0 Å². The van der Waals surface area contributed by atoms with Crippen molar-refractivity contribution >= 4 is 30.7 Å². The van der Waals surface area contributed by atoms with Crippen LogP contribution in [0.3, 0.4) is 0 Å². The predicted molar refractivity (Wildman–Crippen MR) is 50.0 cm³/mol. The van der Waals surface area contributed by atoms with Crippen LogP contribution in [0.2, 0.25) is 19.6 Å². The largest absolute Gasteiger partial charge is 0.123 e. The number of hydrogen-bond donors (Lipinski definition) is 0. The first-order valence-electron chi connectivity index (χ1n) is 2.54. The Bertz CT molecular complexity index is 126. The van der Waals surface area contributed by atoms with Gasteiger partial charge < -0.3 is 0 Å². The number of halogens is 1. The molecule has 0 unspecified atom stereocenters. The highest BCUT2D eigenvalue weighted by molar-refractivity contribution is 14.1. The maximum Gasteiger partial charge on any atom is 0.0954 e. The molecule has 0 aliphatic rings. The average molecular weight is 238 g/mol. The Hall–Kier alpha value is 0.467. The molecule has 0 bridgehead atoms. The van der Waals surface area contributed by atoms with E-state index in [0.29, 0.717) is 0 Å². The first-order chi connectivity index (χ1) is 3.48. The molecule has 0 aromatic rings. The van der Waals surface area contributed by atoms with Gasteiger partial charge in [0.25, 0.3) is 0 Å². The van der Waals surface area contributed by atoms with Crippen LogP contribution in [0.5, 0.6) is 0 Å². The van der Waals surface area contributed by atoms with Crippen molar-refractivity contribution in [3.05, 3.63) is 15.5 Å². The quantitative estimate of drug-likeness (QED) is 0.374. The normalized spacial score (nSPS) is 10.5. The molecule has 2 heteroatoms. The molecule has 0 aliphatic carbocycles. The topological polar surface area (TPSA) is 0 Å². The zero-order chi connectivity index (χ0) is 6.78. The van der Waals surface area contributed by atoms with Gasteiger partial charge in [-0.25, -0.2) is 0 Å². The van der Waals surface area contributed by atoms with E-state index in [2.05, 4.69) is 54.5 Å². The van der Waals surface area contributed by atoms with Crippen molar-refractivity contribution < 1.29 is 0 Å². The summed E-state index contributed by atoms with van der Waals surface area (Å²) in [5.74, 6) is 0. The summed E-state index contributed by atoms with van der Waals surface area (Å²) in [6.07, 6.45) is 0. The Kier molecular flexibility index (Phi) is 3.02. The van der Waals surface area contributed by atoms with Crippen LogP contribution in [-0.4, -0.2) is 8.07 Å². The maximum absolute atomic E-state index is 3.59. The Morgan fingerprint density at radius 2 is 1.88 bits per heavy atom. The molecule has 0 atom stereocenters. The summed E-state index contributed by atoms with van der Waals surface area (Å²) in [6.45, 7) is 10.4. The Morgan fingerprint density at radius 1 is 1.50 bits per heavy atom. The molecule has 8 heavy (non-hydrogen) atoms. The second kappa shape index (κ2) is 2.85. The minimum atomic E-state index is -1.03. The molecular weight excluding hydrogens is 227 g/mol. The van der Waals surface area contributed by atoms with Crippen LogP contribution in [0.15, 0.2) is 15.5 Å². The van der Waals surface area contributed by atoms with E-state index in [0.717, 1.165) is 0 Å². The van der Waals surface area contributed by atoms with Gasteiger partial charge in [0.1, 0.15) is 0 Å². The van der Waals surface area contributed by atoms with Crippen LogP contribution in [0.4, 0.5) is 0 Å². The van der Waals surface area contributed by atoms with Gasteiger partial charge in [-0.15, -0.1) is 5.73 Å². The van der Waals surface area contributed by atoms with Crippen molar-refractivity contribution in [2.45, 2.75) is 19.6 Å². The standard InChI is InChI=1S/C6H11ISi/c1-5-6(7)8(2,3)4/h1H2,2-4H3. The molecule has 0 aromatic heterocycles. The molecule has 0 aromatic carbocycles. The molecule has 0 saturated carbocycles. The van der Waals surface area contributed by atoms with Gasteiger partial charge in [0, 0.05) is 3.20 Å². The number of hydrogen-bond acceptors (Lipinski definition) is 0. The van der Waals surface area contributed by atoms with E-state index in [1.165, 1.54) is 3.20 Å². The second-order valence-electron chi connectivity index (χ2n) is 2.74. The van der Waals surface area contributed by atoms with E-state index >= 15 is 0 Å². The third-order valence-corrected chi connectivity index (χ3v) is 7.54. The maximum atomic E-state index is 3.59. The summed E-state index contributed by atoms with van der Waals surface area (Å²) in [5.41, 5.74) is 2.92. The predicted octanol–water partition coefficient (Wildman–Crippen LogP) is 2.97. The van der Waals surface area contributed by atoms with Crippen LogP contribution >= 0.6 is 22.6 Å². The zero-order valence-electron chi connectivity index (χ0n) is 5.59. The molecule has 0 N–H and O–H groups in total. The van der Waals surface area contributed by atoms with Crippen LogP contribution in [0.1, 0.15) is 0 Å². The van der Waals surface area contributed by atoms with E-state index in [-0.39, 0.29) is 0 Å². The molecule has 0 heterocycles. The smallest absolute Gasteiger partial charge is 0.0954 e. The highest BCUT2D eigenvalue weighted by Gasteiger charge is 2.15. The minimum Gasteiger partial charge on any atom is -0.123 e. The minimum absolute atomic E-state index is 1.03. The summed E-state index contributed by atoms with van der Waals surface area (Å²) in [4.78, 5) is 0. The van der Waals surface area contributed by atoms with E-state index < -0.39 is 8.07 Å². The summed E-state index contributed by atoms with van der Waals surface area (Å²) >= 11 is 2.32. The third kappa shape index (κ3) is 2.70. The van der Waals surface area contributed by atoms with Gasteiger partial charge in [0.2, 0.25) is 0 Å². The molecule has 0 amide bonds. The molecule has 0 aliphatic heterocycles. The molecule has 46 valence electrons. The van der Waals surface area contributed by atoms with Gasteiger partial charge >= 0.3 is 0 Å². The van der Waals surface area contributed by atoms with Crippen molar-refractivity contribution in [2.24, 2.45) is 0 Å². The molecule has 0 fully saturated rings. The summed E-state index contributed by atoms with van der Waals surface area (Å²) in [7, 11) is -1.03. The molecular formula is C6H11ISi. The van der Waals surface area contributed by atoms with Crippen molar-refractivity contribution in [3.63, 3.8) is 0 Å². The van der Waals surface area contributed by atoms with Crippen molar-refractivity contribution in [3.8, 4) is 0 Å². The lowest BCUT2D eigenvalue weighted by molar-refractivity contribution is 1.77. The molecule has 0 radical (unpaired) electrons. The van der Waals surface area contributed by atoms with E-state index in [9.17, 15) is 0 Å². The Balaban J connectivity index is 4.26. The van der Waals surface area contributed by atoms with E-state index in [1.807, 2.05) is 0 Å². The SMILES string of the molecule is C=C=C(I)[Si](C)(C)C. The highest BCUT2D eigenvalue weighted by Crippen LogP contribution is 2.18. The molecule has 0 rings (SSSR count). The van der Waals surface area contributed by atoms with Gasteiger partial charge in [-0.05, 0) is 22.6 Å². The fourth-order valence-electron chi connectivity index (χ4n) is 0.265. The Morgan fingerprint density at radius 3 is 1.88 bits per heavy atom. The summed E-state index contributed by atoms with van der Waals surface area (Å²) < 4.78 is 1.33. The Labute approximate surface area is 65.8 Å². The molecule has 0 saturated heterocycles. The lowest BCUT2D eigenvalue weighted by atomic mass is 11.0. The fraction of sp³-hybridized carbons (Fsp3) is 0.500. The van der Waals surface area contributed by atoms with Gasteiger partial charge in [0.15, 0.2) is 0 Å². The van der Waals surface area contributed by atoms with Crippen LogP contribution in [0, 0.1) is 0 Å². The van der Waals surface area contributed by atoms with Gasteiger partial charge in [0.05, 0.1) is 8.07 Å². The van der Waals surface area contributed by atoms with E-state index in [4.69, 9.17) is 0 Å². The van der Waals surface area contributed by atoms with Gasteiger partial charge in [-0.2, -0.15) is 0 Å². The molecule has 0 nitrogen and oxygen atoms in total. The lowest BCUT2D eigenvalue weighted by Crippen LogP contribution is -2.19. The van der Waals surface area contributed by atoms with E-state index in [1.54, 1.807) is 0 Å².